The zero-order valence-electron chi connectivity index (χ0n) is 19.5. The largest absolute Gasteiger partial charge is 0.497 e. The molecule has 34 heavy (non-hydrogen) atoms. The van der Waals surface area contributed by atoms with Crippen LogP contribution in [0.3, 0.4) is 0 Å². The molecular formula is C25H28FN3O4S. The Morgan fingerprint density at radius 1 is 1.26 bits per heavy atom. The van der Waals surface area contributed by atoms with E-state index < -0.39 is 17.9 Å². The molecule has 7 nitrogen and oxygen atoms in total. The second-order valence-electron chi connectivity index (χ2n) is 8.44. The molecular weight excluding hydrogens is 457 g/mol. The summed E-state index contributed by atoms with van der Waals surface area (Å²) in [6, 6.07) is 13.9. The maximum Gasteiger partial charge on any atom is 0.356 e. The zero-order valence-corrected chi connectivity index (χ0v) is 20.3. The maximum absolute atomic E-state index is 13.7. The number of halogens is 1. The van der Waals surface area contributed by atoms with Gasteiger partial charge in [-0.25, -0.2) is 19.1 Å². The molecule has 2 heterocycles. The van der Waals surface area contributed by atoms with Crippen LogP contribution in [-0.2, 0) is 14.4 Å². The lowest BCUT2D eigenvalue weighted by molar-refractivity contribution is -0.207. The number of nitrogens with one attached hydrogen (secondary N) is 2. The standard InChI is InChI=1S/C25H28FN3O4S/c1-16(2)15-25(24(30)32-4)28-22-13-19(27-18-7-5-6-17(26)12-18)14-23(29(22)33-25)34-21-10-8-20(31-3)9-11-21/h5-14,16,22,27-28H,15H2,1-4H3/t22?,25-/m0/s1. The van der Waals surface area contributed by atoms with Gasteiger partial charge >= 0.3 is 5.97 Å². The van der Waals surface area contributed by atoms with Crippen LogP contribution in [0.4, 0.5) is 10.1 Å². The van der Waals surface area contributed by atoms with Crippen LogP contribution >= 0.6 is 11.8 Å². The minimum absolute atomic E-state index is 0.170. The Hall–Kier alpha value is -3.01. The van der Waals surface area contributed by atoms with Gasteiger partial charge in [-0.2, -0.15) is 0 Å². The fraction of sp³-hybridized carbons (Fsp3) is 0.320. The fourth-order valence-corrected chi connectivity index (χ4v) is 4.86. The van der Waals surface area contributed by atoms with Gasteiger partial charge in [-0.05, 0) is 60.5 Å². The lowest BCUT2D eigenvalue weighted by Gasteiger charge is -2.29. The number of rotatable bonds is 8. The highest BCUT2D eigenvalue weighted by Gasteiger charge is 2.53. The number of methoxy groups -OCH3 is 2. The minimum atomic E-state index is -1.32. The van der Waals surface area contributed by atoms with Crippen LogP contribution < -0.4 is 15.4 Å². The SMILES string of the molecule is COC(=O)[C@@]1(CC(C)C)NC2C=C(Nc3cccc(F)c3)C=C(Sc3ccc(OC)cc3)N2O1. The number of hydrogen-bond donors (Lipinski definition) is 2. The molecule has 2 aromatic carbocycles. The Morgan fingerprint density at radius 3 is 2.68 bits per heavy atom. The van der Waals surface area contributed by atoms with Crippen molar-refractivity contribution in [2.45, 2.75) is 37.1 Å². The Labute approximate surface area is 202 Å². The predicted molar refractivity (Wildman–Crippen MR) is 129 cm³/mol. The normalized spacial score (nSPS) is 21.6. The first-order chi connectivity index (χ1) is 16.3. The van der Waals surface area contributed by atoms with Gasteiger partial charge in [0.25, 0.3) is 0 Å². The zero-order chi connectivity index (χ0) is 24.3. The van der Waals surface area contributed by atoms with Crippen LogP contribution in [0.5, 0.6) is 5.75 Å². The predicted octanol–water partition coefficient (Wildman–Crippen LogP) is 4.86. The second-order valence-corrected chi connectivity index (χ2v) is 9.53. The average Bonchev–Trinajstić information content (AvgIpc) is 3.18. The summed E-state index contributed by atoms with van der Waals surface area (Å²) >= 11 is 1.48. The molecule has 2 aliphatic rings. The van der Waals surface area contributed by atoms with Crippen LogP contribution in [0.1, 0.15) is 20.3 Å². The van der Waals surface area contributed by atoms with Crippen LogP contribution in [-0.4, -0.2) is 37.1 Å². The molecule has 1 unspecified atom stereocenters. The quantitative estimate of drug-likeness (QED) is 0.514. The minimum Gasteiger partial charge on any atom is -0.497 e. The molecule has 0 radical (unpaired) electrons. The summed E-state index contributed by atoms with van der Waals surface area (Å²) < 4.78 is 24.1. The smallest absolute Gasteiger partial charge is 0.356 e. The third-order valence-electron chi connectivity index (χ3n) is 5.33. The summed E-state index contributed by atoms with van der Waals surface area (Å²) in [5.74, 6) is 0.110. The van der Waals surface area contributed by atoms with Crippen LogP contribution in [0.25, 0.3) is 0 Å². The molecule has 0 bridgehead atoms. The van der Waals surface area contributed by atoms with Gasteiger partial charge in [0.2, 0.25) is 5.72 Å². The van der Waals surface area contributed by atoms with Crippen molar-refractivity contribution in [2.24, 2.45) is 5.92 Å². The van der Waals surface area contributed by atoms with Crippen molar-refractivity contribution in [1.82, 2.24) is 10.4 Å². The van der Waals surface area contributed by atoms with E-state index in [0.29, 0.717) is 12.1 Å². The molecule has 0 saturated carbocycles. The highest BCUT2D eigenvalue weighted by atomic mass is 32.2. The molecule has 2 N–H and O–H groups in total. The number of thioether (sulfide) groups is 1. The number of allylic oxidation sites excluding steroid dienone is 1. The molecule has 9 heteroatoms. The number of hydrogen-bond acceptors (Lipinski definition) is 8. The van der Waals surface area contributed by atoms with Crippen LogP contribution in [0.15, 0.2) is 76.3 Å². The summed E-state index contributed by atoms with van der Waals surface area (Å²) in [7, 11) is 2.97. The molecule has 2 atom stereocenters. The first-order valence-corrected chi connectivity index (χ1v) is 11.8. The van der Waals surface area contributed by atoms with Gasteiger partial charge in [0.15, 0.2) is 0 Å². The first-order valence-electron chi connectivity index (χ1n) is 10.9. The van der Waals surface area contributed by atoms with E-state index in [1.165, 1.54) is 31.0 Å². The lowest BCUT2D eigenvalue weighted by Crippen LogP contribution is -2.52. The molecule has 1 fully saturated rings. The molecule has 0 spiro atoms. The monoisotopic (exact) mass is 485 g/mol. The number of fused-ring (bicyclic) bond motifs is 1. The molecule has 0 aromatic heterocycles. The highest BCUT2D eigenvalue weighted by Crippen LogP contribution is 2.41. The van der Waals surface area contributed by atoms with Crippen molar-refractivity contribution >= 4 is 23.4 Å². The van der Waals surface area contributed by atoms with E-state index in [-0.39, 0.29) is 11.7 Å². The van der Waals surface area contributed by atoms with E-state index in [2.05, 4.69) is 10.6 Å². The number of anilines is 1. The van der Waals surface area contributed by atoms with Crippen molar-refractivity contribution in [2.75, 3.05) is 19.5 Å². The summed E-state index contributed by atoms with van der Waals surface area (Å²) in [4.78, 5) is 20.0. The second kappa shape index (κ2) is 10.1. The Balaban J connectivity index is 1.67. The Kier molecular flexibility index (Phi) is 7.16. The third-order valence-corrected chi connectivity index (χ3v) is 6.34. The number of benzene rings is 2. The van der Waals surface area contributed by atoms with Crippen LogP contribution in [0, 0.1) is 11.7 Å². The fourth-order valence-electron chi connectivity index (χ4n) is 3.92. The summed E-state index contributed by atoms with van der Waals surface area (Å²) in [5, 5.41) is 9.00. The van der Waals surface area contributed by atoms with Crippen molar-refractivity contribution < 1.29 is 23.5 Å². The molecule has 0 amide bonds. The van der Waals surface area contributed by atoms with E-state index in [9.17, 15) is 9.18 Å². The topological polar surface area (TPSA) is 72.1 Å². The van der Waals surface area contributed by atoms with E-state index >= 15 is 0 Å². The van der Waals surface area contributed by atoms with Crippen molar-refractivity contribution in [3.05, 3.63) is 77.2 Å². The molecule has 1 saturated heterocycles. The molecule has 0 aliphatic carbocycles. The summed E-state index contributed by atoms with van der Waals surface area (Å²) in [6.45, 7) is 4.03. The lowest BCUT2D eigenvalue weighted by atomic mass is 10.00. The molecule has 180 valence electrons. The van der Waals surface area contributed by atoms with Gasteiger partial charge in [-0.3, -0.25) is 5.32 Å². The van der Waals surface area contributed by atoms with E-state index in [1.54, 1.807) is 24.3 Å². The maximum atomic E-state index is 13.7. The van der Waals surface area contributed by atoms with Crippen LogP contribution in [0.2, 0.25) is 0 Å². The molecule has 2 aliphatic heterocycles. The van der Waals surface area contributed by atoms with Gasteiger partial charge in [-0.1, -0.05) is 31.7 Å². The van der Waals surface area contributed by atoms with Crippen molar-refractivity contribution in [3.63, 3.8) is 0 Å². The van der Waals surface area contributed by atoms with Gasteiger partial charge < -0.3 is 14.8 Å². The number of carbonyl (C=O) groups excluding carboxylic acids is 1. The average molecular weight is 486 g/mol. The number of carbonyl (C=O) groups is 1. The number of nitrogens with zero attached hydrogens (tertiary/aromatic N) is 1. The third kappa shape index (κ3) is 5.22. The van der Waals surface area contributed by atoms with E-state index in [0.717, 1.165) is 21.4 Å². The summed E-state index contributed by atoms with van der Waals surface area (Å²) in [5.41, 5.74) is 0.0343. The number of ether oxygens (including phenoxy) is 2. The van der Waals surface area contributed by atoms with Gasteiger partial charge in [0, 0.05) is 22.7 Å². The number of hydroxylamine groups is 2. The van der Waals surface area contributed by atoms with E-state index in [1.807, 2.05) is 50.3 Å². The Bertz CT molecular complexity index is 1110. The highest BCUT2D eigenvalue weighted by molar-refractivity contribution is 8.03. The Morgan fingerprint density at radius 2 is 2.03 bits per heavy atom. The van der Waals surface area contributed by atoms with Crippen molar-refractivity contribution in [1.29, 1.82) is 0 Å². The number of esters is 1. The van der Waals surface area contributed by atoms with E-state index in [4.69, 9.17) is 14.3 Å². The summed E-state index contributed by atoms with van der Waals surface area (Å²) in [6.07, 6.45) is 3.78. The molecule has 4 rings (SSSR count). The van der Waals surface area contributed by atoms with Gasteiger partial charge in [0.1, 0.15) is 22.8 Å². The van der Waals surface area contributed by atoms with Gasteiger partial charge in [0.05, 0.1) is 14.2 Å². The first kappa shape index (κ1) is 24.1. The van der Waals surface area contributed by atoms with Crippen molar-refractivity contribution in [3.8, 4) is 5.75 Å². The molecule has 2 aromatic rings. The van der Waals surface area contributed by atoms with Gasteiger partial charge in [-0.15, -0.1) is 0 Å².